The molecule has 2 aromatic rings. The summed E-state index contributed by atoms with van der Waals surface area (Å²) >= 11 is 0. The molecule has 8 heteroatoms. The van der Waals surface area contributed by atoms with E-state index in [4.69, 9.17) is 5.73 Å². The lowest BCUT2D eigenvalue weighted by atomic mass is 9.97. The molecule has 8 nitrogen and oxygen atoms in total. The summed E-state index contributed by atoms with van der Waals surface area (Å²) in [5.41, 5.74) is 5.70. The number of carbonyl (C=O) groups is 3. The standard InChI is InChI=1S/C16H16N4O4/c1-2-19-16(24)20-11-6-5-10(15(22)23)13(17)12(11)14(21)9-4-3-7-18-8-9/h3-8H,2,17H2,1H3,(H,22,23)(H2,19,20,24). The quantitative estimate of drug-likeness (QED) is 0.488. The van der Waals surface area contributed by atoms with Crippen LogP contribution in [0.15, 0.2) is 36.7 Å². The van der Waals surface area contributed by atoms with Crippen LogP contribution in [0.2, 0.25) is 0 Å². The summed E-state index contributed by atoms with van der Waals surface area (Å²) in [5.74, 6) is -1.80. The van der Waals surface area contributed by atoms with Crippen molar-refractivity contribution in [3.8, 4) is 0 Å². The van der Waals surface area contributed by atoms with Crippen LogP contribution in [0.25, 0.3) is 0 Å². The van der Waals surface area contributed by atoms with Crippen molar-refractivity contribution in [2.45, 2.75) is 6.92 Å². The highest BCUT2D eigenvalue weighted by Gasteiger charge is 2.23. The van der Waals surface area contributed by atoms with Crippen LogP contribution in [0.3, 0.4) is 0 Å². The van der Waals surface area contributed by atoms with Crippen molar-refractivity contribution >= 4 is 29.2 Å². The van der Waals surface area contributed by atoms with Gasteiger partial charge in [-0.3, -0.25) is 9.78 Å². The number of ketones is 1. The number of nitrogens with two attached hydrogens (primary N) is 1. The summed E-state index contributed by atoms with van der Waals surface area (Å²) in [6, 6.07) is 5.14. The van der Waals surface area contributed by atoms with Crippen LogP contribution in [0.1, 0.15) is 33.2 Å². The predicted molar refractivity (Wildman–Crippen MR) is 88.2 cm³/mol. The van der Waals surface area contributed by atoms with Crippen LogP contribution in [0, 0.1) is 0 Å². The van der Waals surface area contributed by atoms with Gasteiger partial charge in [-0.05, 0) is 31.2 Å². The number of hydrogen-bond donors (Lipinski definition) is 4. The molecule has 0 unspecified atom stereocenters. The highest BCUT2D eigenvalue weighted by atomic mass is 16.4. The molecule has 1 heterocycles. The lowest BCUT2D eigenvalue weighted by Gasteiger charge is -2.14. The number of aromatic nitrogens is 1. The fourth-order valence-electron chi connectivity index (χ4n) is 2.12. The van der Waals surface area contributed by atoms with Gasteiger partial charge >= 0.3 is 12.0 Å². The second-order valence-corrected chi connectivity index (χ2v) is 4.81. The molecular formula is C16H16N4O4. The Morgan fingerprint density at radius 1 is 1.25 bits per heavy atom. The first-order chi connectivity index (χ1) is 11.5. The van der Waals surface area contributed by atoms with E-state index >= 15 is 0 Å². The van der Waals surface area contributed by atoms with Gasteiger partial charge in [-0.2, -0.15) is 0 Å². The molecule has 0 fully saturated rings. The SMILES string of the molecule is CCNC(=O)Nc1ccc(C(=O)O)c(N)c1C(=O)c1cccnc1. The van der Waals surface area contributed by atoms with E-state index in [1.54, 1.807) is 13.0 Å². The zero-order chi connectivity index (χ0) is 17.7. The number of benzene rings is 1. The van der Waals surface area contributed by atoms with E-state index in [0.717, 1.165) is 0 Å². The molecule has 124 valence electrons. The van der Waals surface area contributed by atoms with Gasteiger partial charge in [0, 0.05) is 24.5 Å². The summed E-state index contributed by atoms with van der Waals surface area (Å²) in [6.45, 7) is 2.13. The number of anilines is 2. The van der Waals surface area contributed by atoms with Crippen molar-refractivity contribution in [1.29, 1.82) is 0 Å². The van der Waals surface area contributed by atoms with E-state index in [0.29, 0.717) is 6.54 Å². The second kappa shape index (κ2) is 7.23. The minimum atomic E-state index is -1.27. The summed E-state index contributed by atoms with van der Waals surface area (Å²) in [4.78, 5) is 39.6. The van der Waals surface area contributed by atoms with Gasteiger partial charge < -0.3 is 21.5 Å². The van der Waals surface area contributed by atoms with Gasteiger partial charge in [-0.1, -0.05) is 0 Å². The Labute approximate surface area is 137 Å². The van der Waals surface area contributed by atoms with Crippen molar-refractivity contribution in [3.05, 3.63) is 53.3 Å². The molecule has 0 aliphatic carbocycles. The molecule has 0 saturated carbocycles. The van der Waals surface area contributed by atoms with Gasteiger partial charge in [0.05, 0.1) is 22.5 Å². The lowest BCUT2D eigenvalue weighted by molar-refractivity contribution is 0.0698. The molecule has 2 amide bonds. The summed E-state index contributed by atoms with van der Waals surface area (Å²) < 4.78 is 0. The molecule has 0 radical (unpaired) electrons. The first-order valence-corrected chi connectivity index (χ1v) is 7.11. The monoisotopic (exact) mass is 328 g/mol. The Hall–Kier alpha value is -3.42. The van der Waals surface area contributed by atoms with Crippen LogP contribution in [-0.2, 0) is 0 Å². The van der Waals surface area contributed by atoms with Crippen LogP contribution < -0.4 is 16.4 Å². The maximum absolute atomic E-state index is 12.7. The Kier molecular flexibility index (Phi) is 5.10. The van der Waals surface area contributed by atoms with Gasteiger partial charge in [-0.25, -0.2) is 9.59 Å². The van der Waals surface area contributed by atoms with E-state index in [1.807, 2.05) is 0 Å². The number of hydrogen-bond acceptors (Lipinski definition) is 5. The lowest BCUT2D eigenvalue weighted by Crippen LogP contribution is -2.29. The highest BCUT2D eigenvalue weighted by Crippen LogP contribution is 2.28. The maximum Gasteiger partial charge on any atom is 0.337 e. The Morgan fingerprint density at radius 3 is 2.58 bits per heavy atom. The average molecular weight is 328 g/mol. The smallest absolute Gasteiger partial charge is 0.337 e. The number of carbonyl (C=O) groups excluding carboxylic acids is 2. The van der Waals surface area contributed by atoms with Crippen molar-refractivity contribution in [3.63, 3.8) is 0 Å². The minimum Gasteiger partial charge on any atom is -0.478 e. The zero-order valence-corrected chi connectivity index (χ0v) is 12.9. The molecule has 0 spiro atoms. The van der Waals surface area contributed by atoms with Crippen LogP contribution in [0.4, 0.5) is 16.2 Å². The van der Waals surface area contributed by atoms with E-state index in [1.165, 1.54) is 30.6 Å². The summed E-state index contributed by atoms with van der Waals surface area (Å²) in [6.07, 6.45) is 2.84. The van der Waals surface area contributed by atoms with Crippen LogP contribution in [-0.4, -0.2) is 34.4 Å². The highest BCUT2D eigenvalue weighted by molar-refractivity contribution is 6.18. The number of carboxylic acid groups (broad SMARTS) is 1. The molecule has 0 atom stereocenters. The molecule has 1 aromatic carbocycles. The number of nitrogens with one attached hydrogen (secondary N) is 2. The predicted octanol–water partition coefficient (Wildman–Crippen LogP) is 1.73. The number of rotatable bonds is 5. The number of nitrogen functional groups attached to an aromatic ring is 1. The molecule has 0 aliphatic rings. The topological polar surface area (TPSA) is 134 Å². The van der Waals surface area contributed by atoms with Crippen molar-refractivity contribution < 1.29 is 19.5 Å². The molecule has 5 N–H and O–H groups in total. The third-order valence-electron chi connectivity index (χ3n) is 3.21. The van der Waals surface area contributed by atoms with E-state index in [2.05, 4.69) is 15.6 Å². The minimum absolute atomic E-state index is 0.0887. The fourth-order valence-corrected chi connectivity index (χ4v) is 2.12. The first-order valence-electron chi connectivity index (χ1n) is 7.11. The summed E-state index contributed by atoms with van der Waals surface area (Å²) in [5, 5.41) is 14.2. The third-order valence-corrected chi connectivity index (χ3v) is 3.21. The maximum atomic E-state index is 12.7. The number of amides is 2. The first kappa shape index (κ1) is 16.9. The number of urea groups is 1. The normalized spacial score (nSPS) is 10.0. The van der Waals surface area contributed by atoms with Gasteiger partial charge in [0.15, 0.2) is 5.78 Å². The molecule has 0 saturated heterocycles. The number of carboxylic acids is 1. The van der Waals surface area contributed by atoms with Crippen LogP contribution >= 0.6 is 0 Å². The van der Waals surface area contributed by atoms with E-state index < -0.39 is 17.8 Å². The van der Waals surface area contributed by atoms with E-state index in [-0.39, 0.29) is 28.1 Å². The molecular weight excluding hydrogens is 312 g/mol. The Morgan fingerprint density at radius 2 is 2.00 bits per heavy atom. The number of pyridine rings is 1. The van der Waals surface area contributed by atoms with Crippen LogP contribution in [0.5, 0.6) is 0 Å². The number of aromatic carboxylic acids is 1. The van der Waals surface area contributed by atoms with Gasteiger partial charge in [0.25, 0.3) is 0 Å². The molecule has 0 bridgehead atoms. The fraction of sp³-hybridized carbons (Fsp3) is 0.125. The Balaban J connectivity index is 2.56. The zero-order valence-electron chi connectivity index (χ0n) is 12.9. The second-order valence-electron chi connectivity index (χ2n) is 4.81. The van der Waals surface area contributed by atoms with Crippen molar-refractivity contribution in [1.82, 2.24) is 10.3 Å². The molecule has 0 aliphatic heterocycles. The molecule has 24 heavy (non-hydrogen) atoms. The van der Waals surface area contributed by atoms with E-state index in [9.17, 15) is 19.5 Å². The van der Waals surface area contributed by atoms with Gasteiger partial charge in [-0.15, -0.1) is 0 Å². The Bertz CT molecular complexity index is 790. The van der Waals surface area contributed by atoms with Gasteiger partial charge in [0.1, 0.15) is 0 Å². The van der Waals surface area contributed by atoms with Gasteiger partial charge in [0.2, 0.25) is 0 Å². The average Bonchev–Trinajstić information content (AvgIpc) is 2.55. The third kappa shape index (κ3) is 3.49. The van der Waals surface area contributed by atoms with Crippen molar-refractivity contribution in [2.24, 2.45) is 0 Å². The largest absolute Gasteiger partial charge is 0.478 e. The van der Waals surface area contributed by atoms with Crippen molar-refractivity contribution in [2.75, 3.05) is 17.6 Å². The number of nitrogens with zero attached hydrogens (tertiary/aromatic N) is 1. The molecule has 1 aromatic heterocycles. The summed E-state index contributed by atoms with van der Waals surface area (Å²) in [7, 11) is 0. The molecule has 2 rings (SSSR count).